The minimum absolute atomic E-state index is 0.525. The molecule has 0 amide bonds. The van der Waals surface area contributed by atoms with Crippen LogP contribution in [0, 0.1) is 0 Å². The molecule has 1 rings (SSSR count). The molecular formula is C10H20N4O. The minimum atomic E-state index is 0.525. The molecule has 86 valence electrons. The Labute approximate surface area is 90.7 Å². The maximum absolute atomic E-state index is 5.38. The van der Waals surface area contributed by atoms with E-state index in [2.05, 4.69) is 34.7 Å². The number of hydrogen-bond acceptors (Lipinski definition) is 5. The van der Waals surface area contributed by atoms with Crippen molar-refractivity contribution in [3.05, 3.63) is 5.89 Å². The van der Waals surface area contributed by atoms with Crippen LogP contribution in [-0.2, 0) is 6.54 Å². The molecule has 2 N–H and O–H groups in total. The summed E-state index contributed by atoms with van der Waals surface area (Å²) in [7, 11) is 0. The fraction of sp³-hybridized carbons (Fsp3) is 0.800. The predicted octanol–water partition coefficient (Wildman–Crippen LogP) is 1.78. The SMILES string of the molecule is CCCCNc1nnc(CNCCC)o1. The molecule has 0 unspecified atom stereocenters. The molecule has 5 nitrogen and oxygen atoms in total. The zero-order chi connectivity index (χ0) is 10.9. The molecule has 1 aromatic rings. The zero-order valence-electron chi connectivity index (χ0n) is 9.55. The van der Waals surface area contributed by atoms with Gasteiger partial charge in [-0.25, -0.2) is 0 Å². The van der Waals surface area contributed by atoms with Crippen LogP contribution in [0.1, 0.15) is 39.0 Å². The summed E-state index contributed by atoms with van der Waals surface area (Å²) in [6.45, 7) is 6.78. The second-order valence-corrected chi connectivity index (χ2v) is 3.46. The third-order valence-electron chi connectivity index (χ3n) is 1.98. The van der Waals surface area contributed by atoms with Crippen molar-refractivity contribution in [1.82, 2.24) is 15.5 Å². The van der Waals surface area contributed by atoms with Gasteiger partial charge in [-0.3, -0.25) is 0 Å². The highest BCUT2D eigenvalue weighted by Gasteiger charge is 2.03. The maximum atomic E-state index is 5.38. The summed E-state index contributed by atoms with van der Waals surface area (Å²) in [6.07, 6.45) is 3.38. The van der Waals surface area contributed by atoms with Crippen molar-refractivity contribution in [3.63, 3.8) is 0 Å². The molecule has 15 heavy (non-hydrogen) atoms. The molecule has 0 aromatic carbocycles. The molecule has 0 aliphatic heterocycles. The topological polar surface area (TPSA) is 63.0 Å². The Hall–Kier alpha value is -1.10. The number of unbranched alkanes of at least 4 members (excludes halogenated alkanes) is 1. The molecule has 0 saturated heterocycles. The summed E-state index contributed by atoms with van der Waals surface area (Å²) in [5.74, 6) is 0.641. The van der Waals surface area contributed by atoms with Gasteiger partial charge in [0.15, 0.2) is 0 Å². The van der Waals surface area contributed by atoms with Gasteiger partial charge in [-0.2, -0.15) is 0 Å². The van der Waals surface area contributed by atoms with E-state index < -0.39 is 0 Å². The summed E-state index contributed by atoms with van der Waals surface area (Å²) >= 11 is 0. The van der Waals surface area contributed by atoms with Crippen LogP contribution in [0.4, 0.5) is 6.01 Å². The molecular weight excluding hydrogens is 192 g/mol. The van der Waals surface area contributed by atoms with Gasteiger partial charge in [0.1, 0.15) is 0 Å². The normalized spacial score (nSPS) is 10.5. The van der Waals surface area contributed by atoms with E-state index in [1.54, 1.807) is 0 Å². The lowest BCUT2D eigenvalue weighted by atomic mass is 10.3. The Morgan fingerprint density at radius 3 is 2.73 bits per heavy atom. The standard InChI is InChI=1S/C10H20N4O/c1-3-5-7-12-10-14-13-9(15-10)8-11-6-4-2/h11H,3-8H2,1-2H3,(H,12,14). The van der Waals surface area contributed by atoms with Gasteiger partial charge in [0, 0.05) is 6.54 Å². The summed E-state index contributed by atoms with van der Waals surface area (Å²) in [4.78, 5) is 0. The van der Waals surface area contributed by atoms with Crippen LogP contribution >= 0.6 is 0 Å². The highest BCUT2D eigenvalue weighted by atomic mass is 16.4. The van der Waals surface area contributed by atoms with Gasteiger partial charge in [0.05, 0.1) is 6.54 Å². The molecule has 0 aliphatic carbocycles. The first-order valence-corrected chi connectivity index (χ1v) is 5.63. The van der Waals surface area contributed by atoms with Gasteiger partial charge in [0.2, 0.25) is 5.89 Å². The monoisotopic (exact) mass is 212 g/mol. The molecule has 0 aliphatic rings. The molecule has 0 atom stereocenters. The Morgan fingerprint density at radius 1 is 1.13 bits per heavy atom. The molecule has 0 radical (unpaired) electrons. The second-order valence-electron chi connectivity index (χ2n) is 3.46. The van der Waals surface area contributed by atoms with Crippen molar-refractivity contribution >= 4 is 6.01 Å². The molecule has 0 bridgehead atoms. The molecule has 0 fully saturated rings. The third kappa shape index (κ3) is 4.78. The van der Waals surface area contributed by atoms with Crippen molar-refractivity contribution in [2.45, 2.75) is 39.7 Å². The summed E-state index contributed by atoms with van der Waals surface area (Å²) in [6, 6.07) is 0.525. The number of aromatic nitrogens is 2. The molecule has 0 spiro atoms. The number of hydrogen-bond donors (Lipinski definition) is 2. The number of nitrogens with one attached hydrogen (secondary N) is 2. The molecule has 0 saturated carbocycles. The van der Waals surface area contributed by atoms with Crippen LogP contribution in [0.25, 0.3) is 0 Å². The fourth-order valence-electron chi connectivity index (χ4n) is 1.14. The van der Waals surface area contributed by atoms with E-state index in [1.807, 2.05) is 0 Å². The quantitative estimate of drug-likeness (QED) is 0.643. The van der Waals surface area contributed by atoms with Gasteiger partial charge in [-0.15, -0.1) is 5.10 Å². The van der Waals surface area contributed by atoms with Crippen LogP contribution in [0.3, 0.4) is 0 Å². The lowest BCUT2D eigenvalue weighted by molar-refractivity contribution is 0.476. The van der Waals surface area contributed by atoms with Crippen LogP contribution in [0.15, 0.2) is 4.42 Å². The molecule has 1 heterocycles. The Kier molecular flexibility index (Phi) is 5.77. The molecule has 5 heteroatoms. The van der Waals surface area contributed by atoms with Crippen LogP contribution < -0.4 is 10.6 Å². The highest BCUT2D eigenvalue weighted by molar-refractivity contribution is 5.16. The first kappa shape index (κ1) is 12.0. The number of nitrogens with zero attached hydrogens (tertiary/aromatic N) is 2. The van der Waals surface area contributed by atoms with E-state index >= 15 is 0 Å². The zero-order valence-corrected chi connectivity index (χ0v) is 9.55. The summed E-state index contributed by atoms with van der Waals surface area (Å²) in [5.41, 5.74) is 0. The lowest BCUT2D eigenvalue weighted by Gasteiger charge is -1.98. The van der Waals surface area contributed by atoms with Crippen molar-refractivity contribution < 1.29 is 4.42 Å². The van der Waals surface area contributed by atoms with Gasteiger partial charge in [0.25, 0.3) is 0 Å². The van der Waals surface area contributed by atoms with Crippen molar-refractivity contribution in [3.8, 4) is 0 Å². The first-order chi connectivity index (χ1) is 7.36. The smallest absolute Gasteiger partial charge is 0.315 e. The van der Waals surface area contributed by atoms with Crippen molar-refractivity contribution in [2.24, 2.45) is 0 Å². The summed E-state index contributed by atoms with van der Waals surface area (Å²) in [5, 5.41) is 14.1. The lowest BCUT2D eigenvalue weighted by Crippen LogP contribution is -2.13. The highest BCUT2D eigenvalue weighted by Crippen LogP contribution is 2.05. The first-order valence-electron chi connectivity index (χ1n) is 5.63. The average molecular weight is 212 g/mol. The van der Waals surface area contributed by atoms with Gasteiger partial charge in [-0.05, 0) is 19.4 Å². The minimum Gasteiger partial charge on any atom is -0.407 e. The Bertz CT molecular complexity index is 237. The van der Waals surface area contributed by atoms with E-state index in [0.717, 1.165) is 32.4 Å². The van der Waals surface area contributed by atoms with E-state index in [0.29, 0.717) is 18.5 Å². The van der Waals surface area contributed by atoms with E-state index in [1.165, 1.54) is 0 Å². The Morgan fingerprint density at radius 2 is 2.00 bits per heavy atom. The number of anilines is 1. The van der Waals surface area contributed by atoms with Crippen LogP contribution in [0.5, 0.6) is 0 Å². The van der Waals surface area contributed by atoms with Gasteiger partial charge < -0.3 is 15.1 Å². The van der Waals surface area contributed by atoms with Gasteiger partial charge in [-0.1, -0.05) is 25.4 Å². The van der Waals surface area contributed by atoms with Crippen molar-refractivity contribution in [1.29, 1.82) is 0 Å². The summed E-state index contributed by atoms with van der Waals surface area (Å²) < 4.78 is 5.38. The van der Waals surface area contributed by atoms with E-state index in [4.69, 9.17) is 4.42 Å². The van der Waals surface area contributed by atoms with Crippen molar-refractivity contribution in [2.75, 3.05) is 18.4 Å². The van der Waals surface area contributed by atoms with Gasteiger partial charge >= 0.3 is 6.01 Å². The molecule has 1 aromatic heterocycles. The second kappa shape index (κ2) is 7.23. The maximum Gasteiger partial charge on any atom is 0.315 e. The average Bonchev–Trinajstić information content (AvgIpc) is 2.67. The van der Waals surface area contributed by atoms with E-state index in [9.17, 15) is 0 Å². The van der Waals surface area contributed by atoms with Crippen LogP contribution in [0.2, 0.25) is 0 Å². The number of rotatable bonds is 8. The predicted molar refractivity (Wildman–Crippen MR) is 59.7 cm³/mol. The fourth-order valence-corrected chi connectivity index (χ4v) is 1.14. The van der Waals surface area contributed by atoms with E-state index in [-0.39, 0.29) is 0 Å². The third-order valence-corrected chi connectivity index (χ3v) is 1.98. The Balaban J connectivity index is 2.23. The largest absolute Gasteiger partial charge is 0.407 e. The van der Waals surface area contributed by atoms with Crippen LogP contribution in [-0.4, -0.2) is 23.3 Å².